The number of ether oxygens (including phenoxy) is 1. The zero-order valence-electron chi connectivity index (χ0n) is 15.5. The fourth-order valence-corrected chi connectivity index (χ4v) is 2.27. The monoisotopic (exact) mass is 456 g/mol. The number of aliphatic imine (C=N–C) groups is 1. The van der Waals surface area contributed by atoms with Crippen LogP contribution in [0, 0.1) is 5.92 Å². The summed E-state index contributed by atoms with van der Waals surface area (Å²) < 4.78 is 5.29. The number of guanidine groups is 1. The van der Waals surface area contributed by atoms with E-state index in [-0.39, 0.29) is 48.6 Å². The summed E-state index contributed by atoms with van der Waals surface area (Å²) in [5.74, 6) is 0.975. The van der Waals surface area contributed by atoms with E-state index in [9.17, 15) is 4.79 Å². The Morgan fingerprint density at radius 3 is 2.67 bits per heavy atom. The second-order valence-electron chi connectivity index (χ2n) is 7.06. The molecule has 1 rings (SSSR count). The lowest BCUT2D eigenvalue weighted by atomic mass is 10.2. The van der Waals surface area contributed by atoms with E-state index in [1.807, 2.05) is 34.6 Å². The highest BCUT2D eigenvalue weighted by Gasteiger charge is 2.27. The lowest BCUT2D eigenvalue weighted by Gasteiger charge is -2.23. The van der Waals surface area contributed by atoms with E-state index in [0.29, 0.717) is 13.1 Å². The lowest BCUT2D eigenvalue weighted by molar-refractivity contribution is 0.0507. The van der Waals surface area contributed by atoms with Crippen LogP contribution in [0.25, 0.3) is 0 Å². The van der Waals surface area contributed by atoms with Gasteiger partial charge in [-0.1, -0.05) is 6.92 Å². The van der Waals surface area contributed by atoms with Crippen LogP contribution in [0.5, 0.6) is 0 Å². The number of amides is 1. The Hall–Kier alpha value is -0.770. The zero-order valence-corrected chi connectivity index (χ0v) is 17.8. The maximum Gasteiger partial charge on any atom is 0.407 e. The van der Waals surface area contributed by atoms with Crippen LogP contribution in [0.15, 0.2) is 4.99 Å². The van der Waals surface area contributed by atoms with Crippen molar-refractivity contribution >= 4 is 36.0 Å². The molecular weight excluding hydrogens is 423 g/mol. The van der Waals surface area contributed by atoms with Gasteiger partial charge in [-0.15, -0.1) is 24.0 Å². The molecule has 0 radical (unpaired) electrons. The summed E-state index contributed by atoms with van der Waals surface area (Å²) >= 11 is 0. The molecule has 1 amide bonds. The van der Waals surface area contributed by atoms with Gasteiger partial charge in [-0.3, -0.25) is 4.99 Å². The molecule has 142 valence electrons. The smallest absolute Gasteiger partial charge is 0.407 e. The Kier molecular flexibility index (Phi) is 10.6. The van der Waals surface area contributed by atoms with E-state index in [4.69, 9.17) is 9.84 Å². The third-order valence-corrected chi connectivity index (χ3v) is 3.41. The van der Waals surface area contributed by atoms with Gasteiger partial charge >= 0.3 is 6.09 Å². The minimum Gasteiger partial charge on any atom is -0.444 e. The van der Waals surface area contributed by atoms with Crippen LogP contribution in [0.4, 0.5) is 4.79 Å². The highest BCUT2D eigenvalue weighted by atomic mass is 127. The highest BCUT2D eigenvalue weighted by molar-refractivity contribution is 14.0. The van der Waals surface area contributed by atoms with E-state index in [1.165, 1.54) is 0 Å². The Balaban J connectivity index is 0.00000529. The minimum absolute atomic E-state index is 0. The van der Waals surface area contributed by atoms with Crippen molar-refractivity contribution in [2.45, 2.75) is 52.7 Å². The topological polar surface area (TPSA) is 86.2 Å². The number of nitrogens with zero attached hydrogens (tertiary/aromatic N) is 2. The van der Waals surface area contributed by atoms with Crippen molar-refractivity contribution in [3.8, 4) is 0 Å². The Morgan fingerprint density at radius 2 is 2.12 bits per heavy atom. The fraction of sp³-hybridized carbons (Fsp3) is 0.875. The molecule has 2 atom stereocenters. The van der Waals surface area contributed by atoms with Crippen molar-refractivity contribution in [2.75, 3.05) is 32.8 Å². The van der Waals surface area contributed by atoms with Crippen LogP contribution in [-0.2, 0) is 4.74 Å². The summed E-state index contributed by atoms with van der Waals surface area (Å²) in [7, 11) is 0. The molecule has 0 aromatic rings. The number of hydrogen-bond acceptors (Lipinski definition) is 4. The molecule has 1 saturated heterocycles. The van der Waals surface area contributed by atoms with Crippen LogP contribution >= 0.6 is 24.0 Å². The molecular formula is C16H33IN4O3. The van der Waals surface area contributed by atoms with E-state index >= 15 is 0 Å². The molecule has 3 N–H and O–H groups in total. The molecule has 0 aromatic carbocycles. The van der Waals surface area contributed by atoms with Crippen molar-refractivity contribution in [1.82, 2.24) is 15.5 Å². The number of aliphatic hydroxyl groups excluding tert-OH is 1. The molecule has 0 saturated carbocycles. The number of rotatable bonds is 5. The first kappa shape index (κ1) is 23.2. The predicted octanol–water partition coefficient (Wildman–Crippen LogP) is 1.80. The van der Waals surface area contributed by atoms with Crippen LogP contribution in [0.3, 0.4) is 0 Å². The molecule has 0 bridgehead atoms. The molecule has 0 aromatic heterocycles. The van der Waals surface area contributed by atoms with Gasteiger partial charge in [0.25, 0.3) is 0 Å². The van der Waals surface area contributed by atoms with Gasteiger partial charge in [0, 0.05) is 32.8 Å². The van der Waals surface area contributed by atoms with Crippen LogP contribution < -0.4 is 10.6 Å². The zero-order chi connectivity index (χ0) is 17.5. The van der Waals surface area contributed by atoms with Crippen LogP contribution in [0.1, 0.15) is 41.0 Å². The van der Waals surface area contributed by atoms with Crippen LogP contribution in [0.2, 0.25) is 0 Å². The Labute approximate surface area is 162 Å². The summed E-state index contributed by atoms with van der Waals surface area (Å²) in [6, 6.07) is 0.0592. The summed E-state index contributed by atoms with van der Waals surface area (Å²) in [5.41, 5.74) is -0.487. The van der Waals surface area contributed by atoms with Gasteiger partial charge in [-0.05, 0) is 40.0 Å². The van der Waals surface area contributed by atoms with Gasteiger partial charge in [0.2, 0.25) is 0 Å². The van der Waals surface area contributed by atoms with Crippen molar-refractivity contribution in [3.63, 3.8) is 0 Å². The third-order valence-electron chi connectivity index (χ3n) is 3.41. The number of nitrogens with one attached hydrogen (secondary N) is 2. The predicted molar refractivity (Wildman–Crippen MR) is 107 cm³/mol. The van der Waals surface area contributed by atoms with Gasteiger partial charge < -0.3 is 25.4 Å². The van der Waals surface area contributed by atoms with E-state index in [2.05, 4.69) is 20.5 Å². The third kappa shape index (κ3) is 8.91. The largest absolute Gasteiger partial charge is 0.444 e. The first-order chi connectivity index (χ1) is 10.7. The van der Waals surface area contributed by atoms with Crippen LogP contribution in [-0.4, -0.2) is 66.5 Å². The molecule has 24 heavy (non-hydrogen) atoms. The van der Waals surface area contributed by atoms with Crippen molar-refractivity contribution < 1.29 is 14.6 Å². The molecule has 0 spiro atoms. The number of alkyl carbamates (subject to hydrolysis) is 1. The molecule has 1 aliphatic heterocycles. The number of carbonyl (C=O) groups excluding carboxylic acids is 1. The number of carbonyl (C=O) groups is 1. The minimum atomic E-state index is -0.487. The highest BCUT2D eigenvalue weighted by Crippen LogP contribution is 2.12. The lowest BCUT2D eigenvalue weighted by Crippen LogP contribution is -2.44. The normalized spacial score (nSPS) is 19.5. The summed E-state index contributed by atoms with van der Waals surface area (Å²) in [5, 5.41) is 15.3. The van der Waals surface area contributed by atoms with Gasteiger partial charge in [0.05, 0.1) is 6.04 Å². The van der Waals surface area contributed by atoms with Crippen molar-refractivity contribution in [2.24, 2.45) is 10.9 Å². The molecule has 1 heterocycles. The number of halogens is 1. The van der Waals surface area contributed by atoms with Crippen molar-refractivity contribution in [1.29, 1.82) is 0 Å². The van der Waals surface area contributed by atoms with E-state index in [0.717, 1.165) is 25.5 Å². The number of hydrogen-bond donors (Lipinski definition) is 3. The fourth-order valence-electron chi connectivity index (χ4n) is 2.27. The average Bonchev–Trinajstić information content (AvgIpc) is 2.89. The molecule has 2 unspecified atom stereocenters. The summed E-state index contributed by atoms with van der Waals surface area (Å²) in [6.45, 7) is 12.6. The van der Waals surface area contributed by atoms with Gasteiger partial charge in [-0.2, -0.15) is 0 Å². The second-order valence-corrected chi connectivity index (χ2v) is 7.06. The molecule has 0 aliphatic carbocycles. The number of aliphatic hydroxyl groups is 1. The first-order valence-corrected chi connectivity index (χ1v) is 8.38. The summed E-state index contributed by atoms with van der Waals surface area (Å²) in [4.78, 5) is 18.5. The molecule has 8 heteroatoms. The average molecular weight is 456 g/mol. The van der Waals surface area contributed by atoms with E-state index < -0.39 is 5.60 Å². The Morgan fingerprint density at radius 1 is 1.46 bits per heavy atom. The standard InChI is InChI=1S/C16H32N4O3.HI/c1-6-17-14(18-9-12(2)11-21)20-8-7-13(10-20)19-15(22)23-16(3,4)5;/h12-13,21H,6-11H2,1-5H3,(H,17,18)(H,19,22);1H. The van der Waals surface area contributed by atoms with Crippen molar-refractivity contribution in [3.05, 3.63) is 0 Å². The quantitative estimate of drug-likeness (QED) is 0.334. The van der Waals surface area contributed by atoms with E-state index in [1.54, 1.807) is 0 Å². The van der Waals surface area contributed by atoms with Gasteiger partial charge in [0.1, 0.15) is 5.60 Å². The molecule has 1 aliphatic rings. The Bertz CT molecular complexity index is 413. The summed E-state index contributed by atoms with van der Waals surface area (Å²) in [6.07, 6.45) is 0.486. The number of likely N-dealkylation sites (tertiary alicyclic amines) is 1. The molecule has 7 nitrogen and oxygen atoms in total. The van der Waals surface area contributed by atoms with Gasteiger partial charge in [0.15, 0.2) is 5.96 Å². The second kappa shape index (κ2) is 11.0. The van der Waals surface area contributed by atoms with Gasteiger partial charge in [-0.25, -0.2) is 4.79 Å². The maximum absolute atomic E-state index is 11.8. The molecule has 1 fully saturated rings. The maximum atomic E-state index is 11.8. The first-order valence-electron chi connectivity index (χ1n) is 8.38. The SMILES string of the molecule is CCNC(=NCC(C)CO)N1CCC(NC(=O)OC(C)(C)C)C1.I.